The number of amides is 1. The van der Waals surface area contributed by atoms with Crippen molar-refractivity contribution in [2.45, 2.75) is 51.7 Å². The van der Waals surface area contributed by atoms with E-state index in [9.17, 15) is 9.90 Å². The van der Waals surface area contributed by atoms with Gasteiger partial charge in [0.2, 0.25) is 0 Å². The highest BCUT2D eigenvalue weighted by Crippen LogP contribution is 2.19. The lowest BCUT2D eigenvalue weighted by atomic mass is 10.1. The van der Waals surface area contributed by atoms with Crippen LogP contribution in [0.4, 0.5) is 0 Å². The second-order valence-corrected chi connectivity index (χ2v) is 5.74. The Morgan fingerprint density at radius 1 is 1.10 bits per heavy atom. The van der Waals surface area contributed by atoms with E-state index in [2.05, 4.69) is 0 Å². The van der Waals surface area contributed by atoms with Crippen LogP contribution in [0.1, 0.15) is 51.2 Å². The molecule has 1 aromatic rings. The summed E-state index contributed by atoms with van der Waals surface area (Å²) in [5.41, 5.74) is 0.842. The van der Waals surface area contributed by atoms with Gasteiger partial charge in [0.05, 0.1) is 6.10 Å². The molecule has 2 atom stereocenters. The molecule has 2 rings (SSSR count). The number of carbonyl (C=O) groups excluding carboxylic acids is 1. The Kier molecular flexibility index (Phi) is 5.62. The van der Waals surface area contributed by atoms with Crippen molar-refractivity contribution in [3.05, 3.63) is 29.8 Å². The summed E-state index contributed by atoms with van der Waals surface area (Å²) in [6.45, 7) is 5.21. The van der Waals surface area contributed by atoms with Crippen molar-refractivity contribution in [2.75, 3.05) is 13.1 Å². The molecule has 1 amide bonds. The quantitative estimate of drug-likeness (QED) is 0.928. The summed E-state index contributed by atoms with van der Waals surface area (Å²) in [6, 6.07) is 7.24. The molecule has 1 saturated heterocycles. The van der Waals surface area contributed by atoms with Crippen LogP contribution < -0.4 is 4.74 Å². The molecule has 116 valence electrons. The van der Waals surface area contributed by atoms with Gasteiger partial charge in [-0.1, -0.05) is 25.0 Å². The van der Waals surface area contributed by atoms with Crippen LogP contribution in [0.2, 0.25) is 0 Å². The Morgan fingerprint density at radius 2 is 1.67 bits per heavy atom. The number of ether oxygens (including phenoxy) is 1. The van der Waals surface area contributed by atoms with E-state index in [0.29, 0.717) is 5.75 Å². The van der Waals surface area contributed by atoms with Crippen LogP contribution in [0, 0.1) is 0 Å². The van der Waals surface area contributed by atoms with Crippen molar-refractivity contribution in [2.24, 2.45) is 0 Å². The average Bonchev–Trinajstić information content (AvgIpc) is 2.76. The average molecular weight is 291 g/mol. The molecule has 4 nitrogen and oxygen atoms in total. The molecular weight excluding hydrogens is 266 g/mol. The minimum absolute atomic E-state index is 0.0662. The third kappa shape index (κ3) is 4.46. The summed E-state index contributed by atoms with van der Waals surface area (Å²) >= 11 is 0. The van der Waals surface area contributed by atoms with Gasteiger partial charge in [0, 0.05) is 13.1 Å². The molecule has 0 saturated carbocycles. The molecule has 1 heterocycles. The topological polar surface area (TPSA) is 49.8 Å². The van der Waals surface area contributed by atoms with Crippen molar-refractivity contribution in [1.82, 2.24) is 4.90 Å². The van der Waals surface area contributed by atoms with Crippen molar-refractivity contribution >= 4 is 5.91 Å². The van der Waals surface area contributed by atoms with Crippen LogP contribution in [0.15, 0.2) is 24.3 Å². The van der Waals surface area contributed by atoms with Crippen LogP contribution in [0.3, 0.4) is 0 Å². The number of hydrogen-bond donors (Lipinski definition) is 1. The molecular formula is C17H25NO3. The van der Waals surface area contributed by atoms with Gasteiger partial charge in [-0.2, -0.15) is 0 Å². The van der Waals surface area contributed by atoms with Crippen LogP contribution in [-0.4, -0.2) is 35.1 Å². The fourth-order valence-electron chi connectivity index (χ4n) is 2.63. The second kappa shape index (κ2) is 7.46. The predicted octanol–water partition coefficient (Wildman–Crippen LogP) is 2.91. The van der Waals surface area contributed by atoms with E-state index in [1.54, 1.807) is 26.0 Å². The van der Waals surface area contributed by atoms with Gasteiger partial charge in [0.25, 0.3) is 5.91 Å². The van der Waals surface area contributed by atoms with Crippen molar-refractivity contribution in [3.8, 4) is 5.75 Å². The molecule has 0 bridgehead atoms. The molecule has 1 fully saturated rings. The van der Waals surface area contributed by atoms with Gasteiger partial charge in [-0.15, -0.1) is 0 Å². The zero-order chi connectivity index (χ0) is 15.2. The van der Waals surface area contributed by atoms with Crippen LogP contribution in [-0.2, 0) is 4.79 Å². The van der Waals surface area contributed by atoms with Gasteiger partial charge >= 0.3 is 0 Å². The lowest BCUT2D eigenvalue weighted by Gasteiger charge is -2.24. The number of hydrogen-bond acceptors (Lipinski definition) is 3. The first-order valence-electron chi connectivity index (χ1n) is 7.81. The van der Waals surface area contributed by atoms with E-state index in [-0.39, 0.29) is 5.91 Å². The van der Waals surface area contributed by atoms with E-state index in [4.69, 9.17) is 4.74 Å². The summed E-state index contributed by atoms with van der Waals surface area (Å²) in [4.78, 5) is 14.3. The fraction of sp³-hybridized carbons (Fsp3) is 0.588. The fourth-order valence-corrected chi connectivity index (χ4v) is 2.63. The van der Waals surface area contributed by atoms with Gasteiger partial charge in [0.1, 0.15) is 5.75 Å². The number of aliphatic hydroxyl groups is 1. The lowest BCUT2D eigenvalue weighted by molar-refractivity contribution is -0.137. The second-order valence-electron chi connectivity index (χ2n) is 5.74. The van der Waals surface area contributed by atoms with Crippen molar-refractivity contribution < 1.29 is 14.6 Å². The number of nitrogens with zero attached hydrogens (tertiary/aromatic N) is 1. The minimum Gasteiger partial charge on any atom is -0.481 e. The molecule has 1 aromatic carbocycles. The van der Waals surface area contributed by atoms with Gasteiger partial charge in [-0.25, -0.2) is 0 Å². The summed E-state index contributed by atoms with van der Waals surface area (Å²) < 4.78 is 5.73. The number of benzene rings is 1. The normalized spacial score (nSPS) is 18.7. The van der Waals surface area contributed by atoms with Gasteiger partial charge in [0.15, 0.2) is 6.10 Å². The van der Waals surface area contributed by atoms with Gasteiger partial charge in [-0.3, -0.25) is 4.79 Å². The van der Waals surface area contributed by atoms with Gasteiger partial charge < -0.3 is 14.7 Å². The Bertz CT molecular complexity index is 448. The highest BCUT2D eigenvalue weighted by Gasteiger charge is 2.22. The van der Waals surface area contributed by atoms with Crippen molar-refractivity contribution in [1.29, 1.82) is 0 Å². The summed E-state index contributed by atoms with van der Waals surface area (Å²) in [6.07, 6.45) is 3.62. The summed E-state index contributed by atoms with van der Waals surface area (Å²) in [5, 5.41) is 9.48. The molecule has 0 aliphatic carbocycles. The van der Waals surface area contributed by atoms with Crippen LogP contribution in [0.25, 0.3) is 0 Å². The molecule has 4 heteroatoms. The Hall–Kier alpha value is -1.55. The maximum absolute atomic E-state index is 12.4. The molecule has 0 aromatic heterocycles. The standard InChI is InChI=1S/C17H25NO3/c1-13(19)15-7-9-16(10-8-15)21-14(2)17(20)18-11-5-3-4-6-12-18/h7-10,13-14,19H,3-6,11-12H2,1-2H3/t13-,14?/m0/s1. The van der Waals surface area contributed by atoms with Crippen molar-refractivity contribution in [3.63, 3.8) is 0 Å². The van der Waals surface area contributed by atoms with E-state index >= 15 is 0 Å². The maximum Gasteiger partial charge on any atom is 0.263 e. The highest BCUT2D eigenvalue weighted by molar-refractivity contribution is 5.80. The van der Waals surface area contributed by atoms with E-state index in [1.165, 1.54) is 12.8 Å². The smallest absolute Gasteiger partial charge is 0.263 e. The van der Waals surface area contributed by atoms with E-state index < -0.39 is 12.2 Å². The largest absolute Gasteiger partial charge is 0.481 e. The number of rotatable bonds is 4. The maximum atomic E-state index is 12.4. The minimum atomic E-state index is -0.491. The number of aliphatic hydroxyl groups excluding tert-OH is 1. The zero-order valence-corrected chi connectivity index (χ0v) is 12.9. The SMILES string of the molecule is CC(Oc1ccc([C@H](C)O)cc1)C(=O)N1CCCCCC1. The number of carbonyl (C=O) groups is 1. The molecule has 1 aliphatic rings. The molecule has 21 heavy (non-hydrogen) atoms. The van der Waals surface area contributed by atoms with Crippen LogP contribution in [0.5, 0.6) is 5.75 Å². The first kappa shape index (κ1) is 15.8. The Morgan fingerprint density at radius 3 is 2.19 bits per heavy atom. The summed E-state index contributed by atoms with van der Waals surface area (Å²) in [5.74, 6) is 0.728. The van der Waals surface area contributed by atoms with Gasteiger partial charge in [-0.05, 0) is 44.4 Å². The Labute approximate surface area is 126 Å². The third-order valence-corrected chi connectivity index (χ3v) is 3.94. The predicted molar refractivity (Wildman–Crippen MR) is 82.2 cm³/mol. The zero-order valence-electron chi connectivity index (χ0n) is 12.9. The molecule has 0 spiro atoms. The number of likely N-dealkylation sites (tertiary alicyclic amines) is 1. The molecule has 0 radical (unpaired) electrons. The molecule has 1 N–H and O–H groups in total. The van der Waals surface area contributed by atoms with Crippen LogP contribution >= 0.6 is 0 Å². The molecule has 1 aliphatic heterocycles. The monoisotopic (exact) mass is 291 g/mol. The first-order valence-corrected chi connectivity index (χ1v) is 7.81. The summed E-state index contributed by atoms with van der Waals surface area (Å²) in [7, 11) is 0. The third-order valence-electron chi connectivity index (χ3n) is 3.94. The lowest BCUT2D eigenvalue weighted by Crippen LogP contribution is -2.40. The molecule has 1 unspecified atom stereocenters. The van der Waals surface area contributed by atoms with E-state index in [0.717, 1.165) is 31.5 Å². The van der Waals surface area contributed by atoms with E-state index in [1.807, 2.05) is 17.0 Å². The Balaban J connectivity index is 1.93. The first-order chi connectivity index (χ1) is 10.1. The highest BCUT2D eigenvalue weighted by atomic mass is 16.5.